The van der Waals surface area contributed by atoms with Crippen LogP contribution in [0.15, 0.2) is 107 Å². The predicted molar refractivity (Wildman–Crippen MR) is 145 cm³/mol. The van der Waals surface area contributed by atoms with E-state index in [1.54, 1.807) is 6.07 Å². The highest BCUT2D eigenvalue weighted by molar-refractivity contribution is 7.98. The van der Waals surface area contributed by atoms with Gasteiger partial charge in [-0.25, -0.2) is 0 Å². The molecule has 5 nitrogen and oxygen atoms in total. The van der Waals surface area contributed by atoms with Crippen LogP contribution in [0.3, 0.4) is 0 Å². The minimum absolute atomic E-state index is 0.267. The third kappa shape index (κ3) is 5.56. The van der Waals surface area contributed by atoms with E-state index in [0.29, 0.717) is 11.5 Å². The fraction of sp³-hybridized carbons (Fsp3) is 0.100. The Balaban J connectivity index is 1.17. The molecule has 5 rings (SSSR count). The van der Waals surface area contributed by atoms with Crippen LogP contribution < -0.4 is 5.32 Å². The molecule has 0 bridgehead atoms. The number of hydrogen-bond acceptors (Lipinski definition) is 5. The van der Waals surface area contributed by atoms with Gasteiger partial charge in [0, 0.05) is 11.3 Å². The molecule has 0 aliphatic rings. The molecule has 5 aromatic rings. The average Bonchev–Trinajstić information content (AvgIpc) is 3.40. The average molecular weight is 492 g/mol. The maximum Gasteiger partial charge on any atom is 0.291 e. The molecule has 0 radical (unpaired) electrons. The molecule has 3 aromatic carbocycles. The van der Waals surface area contributed by atoms with E-state index < -0.39 is 0 Å². The second kappa shape index (κ2) is 10.6. The zero-order chi connectivity index (χ0) is 24.9. The number of rotatable bonds is 7. The van der Waals surface area contributed by atoms with E-state index in [4.69, 9.17) is 4.42 Å². The van der Waals surface area contributed by atoms with Gasteiger partial charge in [-0.05, 0) is 72.5 Å². The van der Waals surface area contributed by atoms with Crippen molar-refractivity contribution in [1.29, 1.82) is 0 Å². The van der Waals surface area contributed by atoms with E-state index in [1.165, 1.54) is 28.5 Å². The van der Waals surface area contributed by atoms with E-state index in [-0.39, 0.29) is 11.7 Å². The summed E-state index contributed by atoms with van der Waals surface area (Å²) >= 11 is 1.51. The number of carbonyl (C=O) groups is 1. The Labute approximate surface area is 214 Å². The van der Waals surface area contributed by atoms with Crippen LogP contribution in [0.1, 0.15) is 27.4 Å². The van der Waals surface area contributed by atoms with Gasteiger partial charge in [0.15, 0.2) is 5.76 Å². The Morgan fingerprint density at radius 1 is 0.778 bits per heavy atom. The normalized spacial score (nSPS) is 10.8. The van der Waals surface area contributed by atoms with Crippen LogP contribution in [0.2, 0.25) is 0 Å². The van der Waals surface area contributed by atoms with E-state index in [1.807, 2.05) is 68.4 Å². The monoisotopic (exact) mass is 491 g/mol. The maximum atomic E-state index is 12.5. The van der Waals surface area contributed by atoms with Crippen LogP contribution in [0.25, 0.3) is 22.4 Å². The quantitative estimate of drug-likeness (QED) is 0.238. The largest absolute Gasteiger partial charge is 0.455 e. The van der Waals surface area contributed by atoms with Gasteiger partial charge in [0.25, 0.3) is 5.91 Å². The molecule has 178 valence electrons. The van der Waals surface area contributed by atoms with Gasteiger partial charge in [0.05, 0.1) is 11.4 Å². The van der Waals surface area contributed by atoms with Gasteiger partial charge < -0.3 is 9.73 Å². The van der Waals surface area contributed by atoms with Crippen molar-refractivity contribution in [3.63, 3.8) is 0 Å². The summed E-state index contributed by atoms with van der Waals surface area (Å²) in [4.78, 5) is 12.5. The van der Waals surface area contributed by atoms with Crippen molar-refractivity contribution in [1.82, 2.24) is 10.2 Å². The van der Waals surface area contributed by atoms with Gasteiger partial charge in [-0.15, -0.1) is 10.2 Å². The van der Waals surface area contributed by atoms with E-state index in [9.17, 15) is 4.79 Å². The number of amides is 1. The van der Waals surface area contributed by atoms with E-state index in [2.05, 4.69) is 51.9 Å². The summed E-state index contributed by atoms with van der Waals surface area (Å²) in [7, 11) is 0. The lowest BCUT2D eigenvalue weighted by molar-refractivity contribution is 0.0995. The highest BCUT2D eigenvalue weighted by Crippen LogP contribution is 2.26. The van der Waals surface area contributed by atoms with Gasteiger partial charge in [-0.1, -0.05) is 72.4 Å². The lowest BCUT2D eigenvalue weighted by Gasteiger charge is -2.06. The summed E-state index contributed by atoms with van der Waals surface area (Å²) in [5.74, 6) is 1.27. The molecule has 0 unspecified atom stereocenters. The van der Waals surface area contributed by atoms with Crippen LogP contribution >= 0.6 is 11.8 Å². The standard InChI is InChI=1S/C30H25N3O2S/c1-20-8-13-25(18-21(20)2)31-30(34)28-16-14-26(35-28)19-36-29-17-15-27(32-33-29)24-11-9-23(10-12-24)22-6-4-3-5-7-22/h3-18H,19H2,1-2H3,(H,31,34). The first-order chi connectivity index (χ1) is 17.5. The first-order valence-corrected chi connectivity index (χ1v) is 12.6. The molecule has 1 amide bonds. The molecular weight excluding hydrogens is 466 g/mol. The molecule has 1 N–H and O–H groups in total. The Bertz CT molecular complexity index is 1480. The number of carbonyl (C=O) groups excluding carboxylic acids is 1. The molecule has 0 aliphatic carbocycles. The van der Waals surface area contributed by atoms with Crippen LogP contribution in [0.5, 0.6) is 0 Å². The molecule has 6 heteroatoms. The number of hydrogen-bond donors (Lipinski definition) is 1. The molecular formula is C30H25N3O2S. The number of thioether (sulfide) groups is 1. The number of furan rings is 1. The molecule has 0 saturated carbocycles. The van der Waals surface area contributed by atoms with Crippen LogP contribution in [-0.4, -0.2) is 16.1 Å². The predicted octanol–water partition coefficient (Wildman–Crippen LogP) is 7.57. The number of anilines is 1. The van der Waals surface area contributed by atoms with E-state index >= 15 is 0 Å². The van der Waals surface area contributed by atoms with Crippen molar-refractivity contribution in [3.8, 4) is 22.4 Å². The zero-order valence-corrected chi connectivity index (χ0v) is 20.9. The summed E-state index contributed by atoms with van der Waals surface area (Å²) in [6.45, 7) is 4.06. The third-order valence-electron chi connectivity index (χ3n) is 5.94. The first kappa shape index (κ1) is 23.6. The lowest BCUT2D eigenvalue weighted by Crippen LogP contribution is -2.11. The Morgan fingerprint density at radius 3 is 2.25 bits per heavy atom. The van der Waals surface area contributed by atoms with Crippen molar-refractivity contribution >= 4 is 23.4 Å². The van der Waals surface area contributed by atoms with Gasteiger partial charge in [-0.3, -0.25) is 4.79 Å². The van der Waals surface area contributed by atoms with Crippen LogP contribution in [0, 0.1) is 13.8 Å². The van der Waals surface area contributed by atoms with Gasteiger partial charge in [0.2, 0.25) is 0 Å². The number of aromatic nitrogens is 2. The summed E-state index contributed by atoms with van der Waals surface area (Å²) in [6.07, 6.45) is 0. The maximum absolute atomic E-state index is 12.5. The van der Waals surface area contributed by atoms with Crippen molar-refractivity contribution in [3.05, 3.63) is 120 Å². The number of nitrogens with zero attached hydrogens (tertiary/aromatic N) is 2. The van der Waals surface area contributed by atoms with Crippen molar-refractivity contribution in [2.75, 3.05) is 5.32 Å². The molecule has 2 heterocycles. The fourth-order valence-corrected chi connectivity index (χ4v) is 4.46. The van der Waals surface area contributed by atoms with Crippen molar-refractivity contribution in [2.45, 2.75) is 24.6 Å². The van der Waals surface area contributed by atoms with Crippen LogP contribution in [-0.2, 0) is 5.75 Å². The summed E-state index contributed by atoms with van der Waals surface area (Å²) in [6, 6.07) is 31.9. The Kier molecular flexibility index (Phi) is 6.96. The second-order valence-corrected chi connectivity index (χ2v) is 9.50. The molecule has 0 atom stereocenters. The molecule has 0 saturated heterocycles. The topological polar surface area (TPSA) is 68.0 Å². The first-order valence-electron chi connectivity index (χ1n) is 11.6. The Hall–Kier alpha value is -4.16. The van der Waals surface area contributed by atoms with Crippen molar-refractivity contribution < 1.29 is 9.21 Å². The molecule has 2 aromatic heterocycles. The summed E-state index contributed by atoms with van der Waals surface area (Å²) in [5, 5.41) is 12.4. The summed E-state index contributed by atoms with van der Waals surface area (Å²) < 4.78 is 5.75. The van der Waals surface area contributed by atoms with E-state index in [0.717, 1.165) is 27.5 Å². The summed E-state index contributed by atoms with van der Waals surface area (Å²) in [5.41, 5.74) is 7.25. The highest BCUT2D eigenvalue weighted by Gasteiger charge is 2.13. The fourth-order valence-electron chi connectivity index (χ4n) is 3.75. The van der Waals surface area contributed by atoms with Gasteiger partial charge in [0.1, 0.15) is 10.8 Å². The highest BCUT2D eigenvalue weighted by atomic mass is 32.2. The third-order valence-corrected chi connectivity index (χ3v) is 6.88. The minimum Gasteiger partial charge on any atom is -0.455 e. The number of aryl methyl sites for hydroxylation is 2. The second-order valence-electron chi connectivity index (χ2n) is 8.51. The smallest absolute Gasteiger partial charge is 0.291 e. The number of benzene rings is 3. The lowest BCUT2D eigenvalue weighted by atomic mass is 10.0. The molecule has 0 aliphatic heterocycles. The Morgan fingerprint density at radius 2 is 1.53 bits per heavy atom. The molecule has 0 spiro atoms. The molecule has 36 heavy (non-hydrogen) atoms. The van der Waals surface area contributed by atoms with Crippen molar-refractivity contribution in [2.24, 2.45) is 0 Å². The van der Waals surface area contributed by atoms with Gasteiger partial charge >= 0.3 is 0 Å². The molecule has 0 fully saturated rings. The number of nitrogens with one attached hydrogen (secondary N) is 1. The zero-order valence-electron chi connectivity index (χ0n) is 20.1. The minimum atomic E-state index is -0.267. The van der Waals surface area contributed by atoms with Gasteiger partial charge in [-0.2, -0.15) is 0 Å². The SMILES string of the molecule is Cc1ccc(NC(=O)c2ccc(CSc3ccc(-c4ccc(-c5ccccc5)cc4)nn3)o2)cc1C. The van der Waals surface area contributed by atoms with Crippen LogP contribution in [0.4, 0.5) is 5.69 Å².